The van der Waals surface area contributed by atoms with E-state index < -0.39 is 0 Å². The summed E-state index contributed by atoms with van der Waals surface area (Å²) in [6.07, 6.45) is 4.44. The van der Waals surface area contributed by atoms with Gasteiger partial charge in [-0.05, 0) is 50.1 Å². The Balaban J connectivity index is 0.00000280. The lowest BCUT2D eigenvalue weighted by molar-refractivity contribution is 0.0781. The van der Waals surface area contributed by atoms with Crippen LogP contribution in [0.25, 0.3) is 0 Å². The van der Waals surface area contributed by atoms with Gasteiger partial charge in [0.05, 0.1) is 0 Å². The Kier molecular flexibility index (Phi) is 9.21. The molecule has 0 amide bonds. The molecule has 7 heteroatoms. The highest BCUT2D eigenvalue weighted by atomic mass is 127. The number of ether oxygens (including phenoxy) is 1. The molecule has 2 saturated heterocycles. The number of guanidine groups is 1. The molecule has 2 heterocycles. The molecule has 1 aromatic carbocycles. The normalized spacial score (nSPS) is 19.9. The predicted octanol–water partition coefficient (Wildman–Crippen LogP) is 3.53. The van der Waals surface area contributed by atoms with Crippen LogP contribution in [-0.4, -0.2) is 74.8 Å². The fourth-order valence-corrected chi connectivity index (χ4v) is 4.80. The van der Waals surface area contributed by atoms with Gasteiger partial charge in [0.25, 0.3) is 0 Å². The van der Waals surface area contributed by atoms with Crippen LogP contribution in [0.1, 0.15) is 24.0 Å². The summed E-state index contributed by atoms with van der Waals surface area (Å²) in [7, 11) is 1.90. The second-order valence-electron chi connectivity index (χ2n) is 7.59. The van der Waals surface area contributed by atoms with Crippen molar-refractivity contribution < 1.29 is 4.74 Å². The van der Waals surface area contributed by atoms with E-state index in [1.165, 1.54) is 16.8 Å². The Hall–Kier alpha value is -0.670. The molecular weight excluding hydrogens is 483 g/mol. The Labute approximate surface area is 191 Å². The minimum absolute atomic E-state index is 0. The average molecular weight is 519 g/mol. The highest BCUT2D eigenvalue weighted by Gasteiger charge is 2.32. The first kappa shape index (κ1) is 23.6. The van der Waals surface area contributed by atoms with E-state index in [-0.39, 0.29) is 28.7 Å². The molecule has 0 aromatic heterocycles. The second kappa shape index (κ2) is 10.9. The summed E-state index contributed by atoms with van der Waals surface area (Å²) in [4.78, 5) is 9.47. The number of hydrogen-bond acceptors (Lipinski definition) is 4. The number of nitrogens with zero attached hydrogens (tertiary/aromatic N) is 3. The SMILES string of the molecule is CN=C(NCC1(SC)CCOCC1)N1CCN(c2cccc(C)c2C)CC1.I. The molecule has 2 fully saturated rings. The van der Waals surface area contributed by atoms with Gasteiger partial charge in [-0.1, -0.05) is 12.1 Å². The van der Waals surface area contributed by atoms with Crippen molar-refractivity contribution in [1.82, 2.24) is 10.2 Å². The summed E-state index contributed by atoms with van der Waals surface area (Å²) >= 11 is 1.97. The average Bonchev–Trinajstić information content (AvgIpc) is 2.72. The van der Waals surface area contributed by atoms with Crippen molar-refractivity contribution >= 4 is 47.4 Å². The van der Waals surface area contributed by atoms with Gasteiger partial charge >= 0.3 is 0 Å². The molecule has 3 rings (SSSR count). The summed E-state index contributed by atoms with van der Waals surface area (Å²) in [6.45, 7) is 11.2. The van der Waals surface area contributed by atoms with Crippen LogP contribution < -0.4 is 10.2 Å². The summed E-state index contributed by atoms with van der Waals surface area (Å²) in [5.41, 5.74) is 4.14. The Bertz CT molecular complexity index is 656. The Morgan fingerprint density at radius 2 is 1.86 bits per heavy atom. The number of benzene rings is 1. The summed E-state index contributed by atoms with van der Waals surface area (Å²) in [6, 6.07) is 6.61. The van der Waals surface area contributed by atoms with Gasteiger partial charge in [-0.25, -0.2) is 0 Å². The molecule has 0 radical (unpaired) electrons. The molecule has 0 aliphatic carbocycles. The van der Waals surface area contributed by atoms with Crippen molar-refractivity contribution in [2.45, 2.75) is 31.4 Å². The van der Waals surface area contributed by atoms with Crippen LogP contribution in [0.15, 0.2) is 23.2 Å². The maximum atomic E-state index is 5.56. The number of thioether (sulfide) groups is 1. The number of rotatable bonds is 4. The molecule has 0 spiro atoms. The third-order valence-corrected chi connectivity index (χ3v) is 7.53. The minimum Gasteiger partial charge on any atom is -0.381 e. The van der Waals surface area contributed by atoms with E-state index in [0.717, 1.165) is 64.7 Å². The summed E-state index contributed by atoms with van der Waals surface area (Å²) in [5.74, 6) is 1.04. The van der Waals surface area contributed by atoms with Crippen LogP contribution in [0.2, 0.25) is 0 Å². The fourth-order valence-electron chi connectivity index (χ4n) is 4.01. The first-order valence-corrected chi connectivity index (χ1v) is 11.2. The second-order valence-corrected chi connectivity index (χ2v) is 8.87. The van der Waals surface area contributed by atoms with Crippen molar-refractivity contribution in [3.05, 3.63) is 29.3 Å². The number of aliphatic imine (C=N–C) groups is 1. The lowest BCUT2D eigenvalue weighted by atomic mass is 9.99. The zero-order chi connectivity index (χ0) is 19.3. The third-order valence-electron chi connectivity index (χ3n) is 6.11. The van der Waals surface area contributed by atoms with E-state index in [9.17, 15) is 0 Å². The lowest BCUT2D eigenvalue weighted by Gasteiger charge is -2.40. The van der Waals surface area contributed by atoms with E-state index in [4.69, 9.17) is 4.74 Å². The van der Waals surface area contributed by atoms with Crippen LogP contribution in [0.3, 0.4) is 0 Å². The highest BCUT2D eigenvalue weighted by molar-refractivity contribution is 14.0. The number of piperazine rings is 1. The van der Waals surface area contributed by atoms with Crippen molar-refractivity contribution in [3.8, 4) is 0 Å². The van der Waals surface area contributed by atoms with E-state index in [1.807, 2.05) is 18.8 Å². The maximum Gasteiger partial charge on any atom is 0.193 e. The van der Waals surface area contributed by atoms with E-state index in [2.05, 4.69) is 58.4 Å². The van der Waals surface area contributed by atoms with Crippen molar-refractivity contribution in [1.29, 1.82) is 0 Å². The predicted molar refractivity (Wildman–Crippen MR) is 133 cm³/mol. The number of aryl methyl sites for hydroxylation is 1. The van der Waals surface area contributed by atoms with Gasteiger partial charge in [0.1, 0.15) is 0 Å². The van der Waals surface area contributed by atoms with Gasteiger partial charge in [0, 0.05) is 63.4 Å². The van der Waals surface area contributed by atoms with E-state index >= 15 is 0 Å². The zero-order valence-electron chi connectivity index (χ0n) is 17.7. The van der Waals surface area contributed by atoms with Crippen LogP contribution in [0.4, 0.5) is 5.69 Å². The number of nitrogens with one attached hydrogen (secondary N) is 1. The molecule has 28 heavy (non-hydrogen) atoms. The zero-order valence-corrected chi connectivity index (χ0v) is 20.8. The maximum absolute atomic E-state index is 5.56. The van der Waals surface area contributed by atoms with E-state index in [1.54, 1.807) is 0 Å². The number of halogens is 1. The van der Waals surface area contributed by atoms with Crippen molar-refractivity contribution in [2.75, 3.05) is 64.1 Å². The standard InChI is InChI=1S/C21H34N4OS.HI/c1-17-6-5-7-19(18(17)2)24-10-12-25(13-11-24)20(22-3)23-16-21(27-4)8-14-26-15-9-21;/h5-7H,8-16H2,1-4H3,(H,22,23);1H. The first-order chi connectivity index (χ1) is 13.1. The molecule has 0 bridgehead atoms. The topological polar surface area (TPSA) is 40.1 Å². The fraction of sp³-hybridized carbons (Fsp3) is 0.667. The van der Waals surface area contributed by atoms with Crippen LogP contribution in [-0.2, 0) is 4.74 Å². The van der Waals surface area contributed by atoms with Gasteiger partial charge in [-0.3, -0.25) is 4.99 Å². The Morgan fingerprint density at radius 3 is 2.46 bits per heavy atom. The molecular formula is C21H35IN4OS. The highest BCUT2D eigenvalue weighted by Crippen LogP contribution is 2.33. The molecule has 5 nitrogen and oxygen atoms in total. The smallest absolute Gasteiger partial charge is 0.193 e. The van der Waals surface area contributed by atoms with Gasteiger partial charge < -0.3 is 19.9 Å². The molecule has 158 valence electrons. The Morgan fingerprint density at radius 1 is 1.18 bits per heavy atom. The first-order valence-electron chi connectivity index (χ1n) is 9.98. The summed E-state index contributed by atoms with van der Waals surface area (Å²) in [5, 5.41) is 3.66. The molecule has 0 saturated carbocycles. The van der Waals surface area contributed by atoms with Crippen molar-refractivity contribution in [3.63, 3.8) is 0 Å². The minimum atomic E-state index is 0. The third kappa shape index (κ3) is 5.48. The monoisotopic (exact) mass is 518 g/mol. The van der Waals surface area contributed by atoms with E-state index in [0.29, 0.717) is 0 Å². The van der Waals surface area contributed by atoms with Crippen LogP contribution in [0, 0.1) is 13.8 Å². The molecule has 0 atom stereocenters. The summed E-state index contributed by atoms with van der Waals surface area (Å²) < 4.78 is 5.83. The quantitative estimate of drug-likeness (QED) is 0.375. The van der Waals surface area contributed by atoms with Crippen LogP contribution >= 0.6 is 35.7 Å². The lowest BCUT2D eigenvalue weighted by Crippen LogP contribution is -2.55. The number of hydrogen-bond donors (Lipinski definition) is 1. The molecule has 2 aliphatic heterocycles. The van der Waals surface area contributed by atoms with Gasteiger partial charge in [-0.15, -0.1) is 24.0 Å². The van der Waals surface area contributed by atoms with Crippen LogP contribution in [0.5, 0.6) is 0 Å². The largest absolute Gasteiger partial charge is 0.381 e. The van der Waals surface area contributed by atoms with Gasteiger partial charge in [0.2, 0.25) is 0 Å². The van der Waals surface area contributed by atoms with Crippen molar-refractivity contribution in [2.24, 2.45) is 4.99 Å². The number of anilines is 1. The van der Waals surface area contributed by atoms with Gasteiger partial charge in [0.15, 0.2) is 5.96 Å². The molecule has 1 N–H and O–H groups in total. The van der Waals surface area contributed by atoms with Gasteiger partial charge in [-0.2, -0.15) is 11.8 Å². The molecule has 2 aliphatic rings. The molecule has 0 unspecified atom stereocenters. The molecule has 1 aromatic rings.